The maximum atomic E-state index is 13.1. The van der Waals surface area contributed by atoms with Gasteiger partial charge in [0.15, 0.2) is 12.2 Å². The number of aliphatic hydroxyl groups excluding tert-OH is 1. The minimum atomic E-state index is -4.96. The van der Waals surface area contributed by atoms with Gasteiger partial charge in [-0.2, -0.15) is 0 Å². The molecular weight excluding hydrogens is 1250 g/mol. The third kappa shape index (κ3) is 69.0. The van der Waals surface area contributed by atoms with Crippen LogP contribution in [0.2, 0.25) is 0 Å². The molecule has 0 saturated carbocycles. The molecule has 0 aliphatic rings. The molecule has 6 atom stereocenters. The second-order valence-electron chi connectivity index (χ2n) is 28.6. The summed E-state index contributed by atoms with van der Waals surface area (Å²) in [5.74, 6) is 0.0849. The number of hydrogen-bond acceptors (Lipinski definition) is 15. The largest absolute Gasteiger partial charge is 0.472 e. The summed E-state index contributed by atoms with van der Waals surface area (Å²) in [7, 11) is -9.91. The van der Waals surface area contributed by atoms with E-state index in [1.807, 2.05) is 0 Å². The van der Waals surface area contributed by atoms with Crippen molar-refractivity contribution in [3.8, 4) is 0 Å². The fraction of sp³-hybridized carbons (Fsp3) is 0.947. The lowest BCUT2D eigenvalue weighted by Gasteiger charge is -2.21. The highest BCUT2D eigenvalue weighted by atomic mass is 31.2. The molecule has 0 aliphatic carbocycles. The van der Waals surface area contributed by atoms with Crippen LogP contribution in [-0.4, -0.2) is 96.7 Å². The Labute approximate surface area is 581 Å². The number of rotatable bonds is 74. The van der Waals surface area contributed by atoms with Gasteiger partial charge in [-0.25, -0.2) is 9.13 Å². The molecule has 0 radical (unpaired) electrons. The van der Waals surface area contributed by atoms with Crippen LogP contribution >= 0.6 is 15.6 Å². The number of carbonyl (C=O) groups excluding carboxylic acids is 4. The molecule has 0 saturated heterocycles. The number of hydrogen-bond donors (Lipinski definition) is 3. The Bertz CT molecular complexity index is 1850. The minimum Gasteiger partial charge on any atom is -0.462 e. The lowest BCUT2D eigenvalue weighted by molar-refractivity contribution is -0.161. The van der Waals surface area contributed by atoms with Crippen LogP contribution in [0.3, 0.4) is 0 Å². The zero-order chi connectivity index (χ0) is 70.1. The summed E-state index contributed by atoms with van der Waals surface area (Å²) in [6, 6.07) is 0. The molecule has 19 heteroatoms. The molecule has 0 rings (SSSR count). The number of carbonyl (C=O) groups is 4. The number of phosphoric acid groups is 2. The number of aliphatic hydroxyl groups is 1. The SMILES string of the molecule is CCCCCCCCCCCCCCCCCCCCCCCC(=O)O[C@H](COC(=O)CCCCCCCCCCCCC(C)C)COP(=O)(O)OC[C@@H](O)COP(=O)(O)OC[C@@H](COC(=O)CCCCCCCCC(C)CC)OC(=O)CCCCCCCCCCC(C)C. The Morgan fingerprint density at radius 1 is 0.305 bits per heavy atom. The van der Waals surface area contributed by atoms with Crippen LogP contribution in [-0.2, 0) is 65.4 Å². The third-order valence-electron chi connectivity index (χ3n) is 18.0. The van der Waals surface area contributed by atoms with Gasteiger partial charge in [0.1, 0.15) is 19.3 Å². The lowest BCUT2D eigenvalue weighted by atomic mass is 10.00. The first-order valence-corrected chi connectivity index (χ1v) is 42.4. The van der Waals surface area contributed by atoms with Crippen LogP contribution in [0.5, 0.6) is 0 Å². The van der Waals surface area contributed by atoms with E-state index in [1.54, 1.807) is 0 Å². The molecule has 0 fully saturated rings. The highest BCUT2D eigenvalue weighted by Gasteiger charge is 2.30. The first-order chi connectivity index (χ1) is 45.8. The van der Waals surface area contributed by atoms with Gasteiger partial charge >= 0.3 is 39.5 Å². The van der Waals surface area contributed by atoms with Gasteiger partial charge < -0.3 is 33.8 Å². The van der Waals surface area contributed by atoms with Crippen molar-refractivity contribution in [2.45, 2.75) is 407 Å². The zero-order valence-corrected chi connectivity index (χ0v) is 63.9. The zero-order valence-electron chi connectivity index (χ0n) is 62.1. The average molecular weight is 1400 g/mol. The molecule has 0 aliphatic heterocycles. The van der Waals surface area contributed by atoms with E-state index in [4.69, 9.17) is 37.0 Å². The summed E-state index contributed by atoms with van der Waals surface area (Å²) in [5, 5.41) is 10.6. The van der Waals surface area contributed by atoms with E-state index >= 15 is 0 Å². The van der Waals surface area contributed by atoms with E-state index in [1.165, 1.54) is 193 Å². The fourth-order valence-electron chi connectivity index (χ4n) is 11.6. The molecular formula is C76H148O17P2. The molecule has 0 bridgehead atoms. The predicted molar refractivity (Wildman–Crippen MR) is 386 cm³/mol. The van der Waals surface area contributed by atoms with Crippen molar-refractivity contribution in [3.05, 3.63) is 0 Å². The van der Waals surface area contributed by atoms with E-state index in [-0.39, 0.29) is 25.7 Å². The van der Waals surface area contributed by atoms with Crippen molar-refractivity contribution in [2.75, 3.05) is 39.6 Å². The molecule has 0 spiro atoms. The van der Waals surface area contributed by atoms with E-state index in [9.17, 15) is 43.2 Å². The first kappa shape index (κ1) is 93.1. The van der Waals surface area contributed by atoms with Gasteiger partial charge in [0.05, 0.1) is 26.4 Å². The van der Waals surface area contributed by atoms with Gasteiger partial charge in [-0.05, 0) is 43.4 Å². The predicted octanol–water partition coefficient (Wildman–Crippen LogP) is 22.2. The highest BCUT2D eigenvalue weighted by molar-refractivity contribution is 7.47. The fourth-order valence-corrected chi connectivity index (χ4v) is 13.1. The summed E-state index contributed by atoms with van der Waals surface area (Å²) < 4.78 is 68.5. The number of unbranched alkanes of at least 4 members (excludes halogenated alkanes) is 41. The van der Waals surface area contributed by atoms with Gasteiger partial charge in [0.2, 0.25) is 0 Å². The minimum absolute atomic E-state index is 0.103. The van der Waals surface area contributed by atoms with Gasteiger partial charge in [-0.1, -0.05) is 337 Å². The van der Waals surface area contributed by atoms with Gasteiger partial charge in [0, 0.05) is 25.7 Å². The summed E-state index contributed by atoms with van der Waals surface area (Å²) >= 11 is 0. The second kappa shape index (κ2) is 66.6. The topological polar surface area (TPSA) is 237 Å². The van der Waals surface area contributed by atoms with Crippen LogP contribution in [0.25, 0.3) is 0 Å². The molecule has 0 aromatic rings. The molecule has 0 heterocycles. The molecule has 0 amide bonds. The van der Waals surface area contributed by atoms with Crippen molar-refractivity contribution in [1.29, 1.82) is 0 Å². The van der Waals surface area contributed by atoms with E-state index in [0.29, 0.717) is 25.7 Å². The smallest absolute Gasteiger partial charge is 0.462 e. The van der Waals surface area contributed by atoms with Gasteiger partial charge in [-0.3, -0.25) is 37.3 Å². The molecule has 564 valence electrons. The summed E-state index contributed by atoms with van der Waals surface area (Å²) in [4.78, 5) is 72.7. The van der Waals surface area contributed by atoms with Crippen molar-refractivity contribution in [3.63, 3.8) is 0 Å². The summed E-state index contributed by atoms with van der Waals surface area (Å²) in [6.45, 7) is 11.8. The van der Waals surface area contributed by atoms with Crippen molar-refractivity contribution < 1.29 is 80.2 Å². The molecule has 0 aromatic carbocycles. The number of esters is 4. The maximum Gasteiger partial charge on any atom is 0.472 e. The quantitative estimate of drug-likeness (QED) is 0.0222. The van der Waals surface area contributed by atoms with Crippen LogP contribution in [0.15, 0.2) is 0 Å². The van der Waals surface area contributed by atoms with Crippen molar-refractivity contribution >= 4 is 39.5 Å². The van der Waals surface area contributed by atoms with Gasteiger partial charge in [0.25, 0.3) is 0 Å². The second-order valence-corrected chi connectivity index (χ2v) is 31.5. The molecule has 17 nitrogen and oxygen atoms in total. The molecule has 3 unspecified atom stereocenters. The molecule has 3 N–H and O–H groups in total. The van der Waals surface area contributed by atoms with Gasteiger partial charge in [-0.15, -0.1) is 0 Å². The summed E-state index contributed by atoms with van der Waals surface area (Å²) in [5.41, 5.74) is 0. The standard InChI is InChI=1S/C76H148O17P2/c1-8-10-11-12-13-14-15-16-17-18-19-20-21-22-23-24-25-30-36-45-52-59-75(80)92-71(63-86-73(78)57-50-43-35-29-27-26-28-33-40-47-54-67(3)4)65-90-94(82,83)88-61-70(77)62-89-95(84,85)91-66-72(64-87-74(79)58-51-44-39-38-42-49-56-69(7)9-2)93-76(81)60-53-46-37-32-31-34-41-48-55-68(5)6/h67-72,77H,8-66H2,1-7H3,(H,82,83)(H,84,85)/t69?,70-,71-,72-/m1/s1. The molecule has 95 heavy (non-hydrogen) atoms. The first-order valence-electron chi connectivity index (χ1n) is 39.4. The Morgan fingerprint density at radius 3 is 0.800 bits per heavy atom. The van der Waals surface area contributed by atoms with Crippen LogP contribution < -0.4 is 0 Å². The van der Waals surface area contributed by atoms with Crippen LogP contribution in [0.4, 0.5) is 0 Å². The summed E-state index contributed by atoms with van der Waals surface area (Å²) in [6.07, 6.45) is 53.0. The van der Waals surface area contributed by atoms with Crippen molar-refractivity contribution in [2.24, 2.45) is 17.8 Å². The maximum absolute atomic E-state index is 13.1. The highest BCUT2D eigenvalue weighted by Crippen LogP contribution is 2.45. The van der Waals surface area contributed by atoms with Crippen LogP contribution in [0.1, 0.15) is 389 Å². The van der Waals surface area contributed by atoms with E-state index in [0.717, 1.165) is 114 Å². The van der Waals surface area contributed by atoms with E-state index < -0.39 is 97.5 Å². The molecule has 0 aromatic heterocycles. The lowest BCUT2D eigenvalue weighted by Crippen LogP contribution is -2.30. The Hall–Kier alpha value is -1.94. The number of phosphoric ester groups is 2. The van der Waals surface area contributed by atoms with Crippen LogP contribution in [0, 0.1) is 17.8 Å². The van der Waals surface area contributed by atoms with E-state index in [2.05, 4.69) is 48.5 Å². The Morgan fingerprint density at radius 2 is 0.537 bits per heavy atom. The normalized spacial score (nSPS) is 14.4. The Kier molecular flexibility index (Phi) is 65.2. The van der Waals surface area contributed by atoms with Crippen molar-refractivity contribution in [1.82, 2.24) is 0 Å². The average Bonchev–Trinajstić information content (AvgIpc) is 2.45. The Balaban J connectivity index is 5.20. The monoisotopic (exact) mass is 1400 g/mol. The third-order valence-corrected chi connectivity index (χ3v) is 19.9. The number of ether oxygens (including phenoxy) is 4.